The van der Waals surface area contributed by atoms with Gasteiger partial charge in [-0.1, -0.05) is 32.9 Å². The number of benzene rings is 2. The van der Waals surface area contributed by atoms with Gasteiger partial charge in [-0.15, -0.1) is 0 Å². The van der Waals surface area contributed by atoms with Gasteiger partial charge < -0.3 is 34.3 Å². The molecule has 2 N–H and O–H groups in total. The van der Waals surface area contributed by atoms with Gasteiger partial charge in [0.1, 0.15) is 30.0 Å². The Morgan fingerprint density at radius 1 is 0.983 bits per heavy atom. The Morgan fingerprint density at radius 2 is 1.71 bits per heavy atom. The van der Waals surface area contributed by atoms with Crippen LogP contribution in [0.2, 0.25) is 0 Å². The van der Waals surface area contributed by atoms with Gasteiger partial charge in [0.2, 0.25) is 5.91 Å². The van der Waals surface area contributed by atoms with Crippen molar-refractivity contribution in [2.24, 2.45) is 17.8 Å². The number of fused-ring (bicyclic) bond motifs is 4. The molecule has 2 aromatic carbocycles. The lowest BCUT2D eigenvalue weighted by Gasteiger charge is -2.42. The SMILES string of the molecule is COC(=O)N[C@H](C(=O)N1[C@@H](C)CC[C@H]1C(=O)OCC(=O)c1ccc2c(c1)COc1cc3c(cc1-2)CCC([C@]1(C(=O)O)C[C@H](C)CN1C(=O)OC(C)(C)C)C3=O)C(C)C. The molecule has 2 aromatic rings. The van der Waals surface area contributed by atoms with Crippen LogP contribution < -0.4 is 10.1 Å². The summed E-state index contributed by atoms with van der Waals surface area (Å²) >= 11 is 0. The number of carbonyl (C=O) groups excluding carboxylic acids is 6. The molecule has 1 aliphatic carbocycles. The number of alkyl carbamates (subject to hydrolysis) is 1. The molecule has 6 atom stereocenters. The van der Waals surface area contributed by atoms with E-state index in [1.807, 2.05) is 19.9 Å². The van der Waals surface area contributed by atoms with E-state index in [1.54, 1.807) is 58.9 Å². The second-order valence-corrected chi connectivity index (χ2v) is 17.3. The molecule has 3 amide bonds. The summed E-state index contributed by atoms with van der Waals surface area (Å²) in [5, 5.41) is 13.2. The van der Waals surface area contributed by atoms with E-state index in [2.05, 4.69) is 10.1 Å². The van der Waals surface area contributed by atoms with E-state index < -0.39 is 71.6 Å². The Balaban J connectivity index is 1.17. The molecular weight excluding hydrogens is 750 g/mol. The van der Waals surface area contributed by atoms with Gasteiger partial charge in [0.25, 0.3) is 0 Å². The molecule has 0 radical (unpaired) electrons. The summed E-state index contributed by atoms with van der Waals surface area (Å²) < 4.78 is 21.9. The van der Waals surface area contributed by atoms with Crippen LogP contribution in [0.25, 0.3) is 11.1 Å². The van der Waals surface area contributed by atoms with Crippen LogP contribution in [0.1, 0.15) is 106 Å². The van der Waals surface area contributed by atoms with Crippen LogP contribution in [0, 0.1) is 17.8 Å². The maximum absolute atomic E-state index is 14.3. The number of amides is 3. The largest absolute Gasteiger partial charge is 0.488 e. The highest BCUT2D eigenvalue weighted by molar-refractivity contribution is 6.06. The van der Waals surface area contributed by atoms with Crippen molar-refractivity contribution in [1.82, 2.24) is 15.1 Å². The Labute approximate surface area is 337 Å². The van der Waals surface area contributed by atoms with Crippen molar-refractivity contribution in [1.29, 1.82) is 0 Å². The minimum Gasteiger partial charge on any atom is -0.488 e. The van der Waals surface area contributed by atoms with Gasteiger partial charge in [-0.3, -0.25) is 19.3 Å². The molecule has 2 fully saturated rings. The van der Waals surface area contributed by atoms with E-state index in [4.69, 9.17) is 14.2 Å². The predicted octanol–water partition coefficient (Wildman–Crippen LogP) is 5.58. The quantitative estimate of drug-likeness (QED) is 0.182. The van der Waals surface area contributed by atoms with Crippen LogP contribution in [0.5, 0.6) is 5.75 Å². The van der Waals surface area contributed by atoms with Gasteiger partial charge in [-0.05, 0) is 107 Å². The minimum absolute atomic E-state index is 0.0797. The van der Waals surface area contributed by atoms with Crippen molar-refractivity contribution in [2.45, 2.75) is 116 Å². The second-order valence-electron chi connectivity index (χ2n) is 17.3. The van der Waals surface area contributed by atoms with Crippen molar-refractivity contribution in [3.63, 3.8) is 0 Å². The summed E-state index contributed by atoms with van der Waals surface area (Å²) in [5.41, 5.74) is 0.990. The maximum Gasteiger partial charge on any atom is 0.411 e. The zero-order valence-corrected chi connectivity index (χ0v) is 34.3. The number of hydrogen-bond acceptors (Lipinski definition) is 11. The van der Waals surface area contributed by atoms with Gasteiger partial charge in [0, 0.05) is 29.3 Å². The van der Waals surface area contributed by atoms with Crippen LogP contribution in [-0.4, -0.2) is 106 Å². The van der Waals surface area contributed by atoms with Gasteiger partial charge in [-0.25, -0.2) is 19.2 Å². The van der Waals surface area contributed by atoms with E-state index >= 15 is 0 Å². The molecule has 1 unspecified atom stereocenters. The molecule has 6 rings (SSSR count). The van der Waals surface area contributed by atoms with E-state index in [-0.39, 0.29) is 49.7 Å². The molecule has 3 aliphatic heterocycles. The van der Waals surface area contributed by atoms with Crippen LogP contribution in [-0.2, 0) is 41.6 Å². The number of nitrogens with one attached hydrogen (secondary N) is 1. The maximum atomic E-state index is 14.3. The topological polar surface area (TPSA) is 195 Å². The first-order chi connectivity index (χ1) is 27.3. The highest BCUT2D eigenvalue weighted by Crippen LogP contribution is 2.48. The summed E-state index contributed by atoms with van der Waals surface area (Å²) in [5.74, 6) is -4.19. The molecular formula is C43H53N3O12. The lowest BCUT2D eigenvalue weighted by atomic mass is 9.69. The highest BCUT2D eigenvalue weighted by Gasteiger charge is 2.61. The summed E-state index contributed by atoms with van der Waals surface area (Å²) in [6, 6.07) is 6.49. The number of carboxylic acids is 1. The number of rotatable bonds is 9. The van der Waals surface area contributed by atoms with Crippen molar-refractivity contribution < 1.29 is 57.6 Å². The molecule has 15 nitrogen and oxygen atoms in total. The molecule has 312 valence electrons. The summed E-state index contributed by atoms with van der Waals surface area (Å²) in [4.78, 5) is 95.6. The van der Waals surface area contributed by atoms with Crippen LogP contribution in [0.4, 0.5) is 9.59 Å². The number of aryl methyl sites for hydroxylation is 1. The van der Waals surface area contributed by atoms with Gasteiger partial charge in [0.05, 0.1) is 13.0 Å². The highest BCUT2D eigenvalue weighted by atomic mass is 16.6. The third-order valence-corrected chi connectivity index (χ3v) is 11.7. The molecule has 58 heavy (non-hydrogen) atoms. The van der Waals surface area contributed by atoms with Crippen molar-refractivity contribution in [3.05, 3.63) is 52.6 Å². The fourth-order valence-corrected chi connectivity index (χ4v) is 8.95. The smallest absolute Gasteiger partial charge is 0.411 e. The summed E-state index contributed by atoms with van der Waals surface area (Å²) in [7, 11) is 1.20. The average molecular weight is 804 g/mol. The average Bonchev–Trinajstić information content (AvgIpc) is 3.74. The first-order valence-electron chi connectivity index (χ1n) is 19.8. The first kappa shape index (κ1) is 42.1. The minimum atomic E-state index is -1.76. The number of carboxylic acid groups (broad SMARTS) is 1. The Bertz CT molecular complexity index is 2040. The molecule has 4 aliphatic rings. The van der Waals surface area contributed by atoms with Gasteiger partial charge >= 0.3 is 24.1 Å². The molecule has 15 heteroatoms. The molecule has 2 saturated heterocycles. The number of likely N-dealkylation sites (tertiary alicyclic amines) is 2. The normalized spacial score (nSPS) is 24.2. The number of ether oxygens (including phenoxy) is 4. The summed E-state index contributed by atoms with van der Waals surface area (Å²) in [6.45, 7) is 12.0. The number of ketones is 2. The fraction of sp³-hybridized carbons (Fsp3) is 0.558. The lowest BCUT2D eigenvalue weighted by Crippen LogP contribution is -2.61. The van der Waals surface area contributed by atoms with Crippen LogP contribution in [0.3, 0.4) is 0 Å². The summed E-state index contributed by atoms with van der Waals surface area (Å²) in [6.07, 6.45) is 0.106. The Kier molecular flexibility index (Phi) is 11.7. The predicted molar refractivity (Wildman–Crippen MR) is 208 cm³/mol. The van der Waals surface area contributed by atoms with Crippen LogP contribution >= 0.6 is 0 Å². The second kappa shape index (κ2) is 16.1. The van der Waals surface area contributed by atoms with Gasteiger partial charge in [0.15, 0.2) is 23.7 Å². The van der Waals surface area contributed by atoms with E-state index in [9.17, 15) is 38.7 Å². The van der Waals surface area contributed by atoms with Crippen molar-refractivity contribution in [3.8, 4) is 16.9 Å². The van der Waals surface area contributed by atoms with Crippen molar-refractivity contribution >= 4 is 41.6 Å². The number of aliphatic carboxylic acids is 1. The van der Waals surface area contributed by atoms with E-state index in [1.165, 1.54) is 16.9 Å². The Hall–Kier alpha value is -5.47. The van der Waals surface area contributed by atoms with E-state index in [0.29, 0.717) is 41.7 Å². The van der Waals surface area contributed by atoms with Crippen molar-refractivity contribution in [2.75, 3.05) is 20.3 Å². The lowest BCUT2D eigenvalue weighted by molar-refractivity contribution is -0.154. The molecule has 0 saturated carbocycles. The number of carbonyl (C=O) groups is 7. The Morgan fingerprint density at radius 3 is 2.36 bits per heavy atom. The fourth-order valence-electron chi connectivity index (χ4n) is 8.95. The third kappa shape index (κ3) is 7.87. The number of nitrogens with zero attached hydrogens (tertiary/aromatic N) is 2. The molecule has 0 spiro atoms. The van der Waals surface area contributed by atoms with E-state index in [0.717, 1.165) is 16.7 Å². The zero-order valence-electron chi connectivity index (χ0n) is 34.3. The molecule has 0 aromatic heterocycles. The number of esters is 1. The van der Waals surface area contributed by atoms with Crippen LogP contribution in [0.15, 0.2) is 30.3 Å². The first-order valence-corrected chi connectivity index (χ1v) is 19.8. The van der Waals surface area contributed by atoms with Gasteiger partial charge in [-0.2, -0.15) is 0 Å². The zero-order chi connectivity index (χ0) is 42.4. The third-order valence-electron chi connectivity index (χ3n) is 11.7. The number of Topliss-reactive ketones (excluding diaryl/α,β-unsaturated/α-hetero) is 2. The monoisotopic (exact) mass is 803 g/mol. The molecule has 3 heterocycles. The number of hydrogen-bond donors (Lipinski definition) is 2. The number of methoxy groups -OCH3 is 1. The standard InChI is InChI=1S/C43H53N3O12/c1-22(2)35(44-40(53)55-8)37(49)46-24(4)9-14-32(46)38(50)57-21-33(47)26-10-12-28-27(15-26)20-56-34-17-29-25(16-30(28)34)11-13-31(36(29)48)43(39(51)52)18-23(3)19-45(43)41(54)58-42(5,6)7/h10,12,15-17,22-24,31-32,35H,9,11,13-14,18-21H2,1-8H3,(H,44,53)(H,51,52)/t23-,24-,31?,32-,35-,43-/m0/s1. The molecule has 0 bridgehead atoms.